The first kappa shape index (κ1) is 32.6. The molecule has 0 radical (unpaired) electrons. The van der Waals surface area contributed by atoms with Gasteiger partial charge in [-0.15, -0.1) is 0 Å². The number of carboxylic acid groups (broad SMARTS) is 2. The van der Waals surface area contributed by atoms with Gasteiger partial charge in [-0.05, 0) is 46.5 Å². The smallest absolute Gasteiger partial charge is 0.363 e. The molecule has 0 bridgehead atoms. The molecule has 0 atom stereocenters. The standard InChI is InChI=1S/2C15H13NO6/c1-8-16-12(15(19)20-8)6-11-4-5-13(21-9(2)17)14(7-11)22-10(3)18;1-8-16-12(15(21)22-8)5-9-2-3-10(6-13(17)18)11(4-9)7-14(19)20/h4-7H,1-3H3;2-5H,6-7H2,1H3,(H,17,18)(H,19,20)/b;12-5-. The van der Waals surface area contributed by atoms with Crippen molar-refractivity contribution in [3.8, 4) is 11.5 Å². The van der Waals surface area contributed by atoms with Gasteiger partial charge >= 0.3 is 35.8 Å². The molecule has 2 heterocycles. The van der Waals surface area contributed by atoms with Gasteiger partial charge in [-0.3, -0.25) is 19.2 Å². The molecule has 2 N–H and O–H groups in total. The van der Waals surface area contributed by atoms with Crippen molar-refractivity contribution in [2.45, 2.75) is 40.5 Å². The summed E-state index contributed by atoms with van der Waals surface area (Å²) in [5.41, 5.74) is 2.15. The van der Waals surface area contributed by atoms with Crippen LogP contribution >= 0.6 is 0 Å². The first-order valence-corrected chi connectivity index (χ1v) is 12.7. The Kier molecular flexibility index (Phi) is 10.6. The monoisotopic (exact) mass is 606 g/mol. The number of rotatable bonds is 8. The third-order valence-electron chi connectivity index (χ3n) is 5.45. The van der Waals surface area contributed by atoms with Gasteiger partial charge in [0.25, 0.3) is 0 Å². The van der Waals surface area contributed by atoms with E-state index in [2.05, 4.69) is 9.98 Å². The zero-order valence-corrected chi connectivity index (χ0v) is 23.9. The molecule has 0 aliphatic carbocycles. The Hall–Kier alpha value is -5.92. The minimum atomic E-state index is -1.06. The van der Waals surface area contributed by atoms with Crippen LogP contribution < -0.4 is 9.47 Å². The molecule has 0 saturated carbocycles. The summed E-state index contributed by atoms with van der Waals surface area (Å²) in [7, 11) is 0. The van der Waals surface area contributed by atoms with Crippen LogP contribution in [0.2, 0.25) is 0 Å². The van der Waals surface area contributed by atoms with E-state index in [0.29, 0.717) is 22.3 Å². The Balaban J connectivity index is 0.000000240. The minimum absolute atomic E-state index is 0.0733. The zero-order valence-electron chi connectivity index (χ0n) is 23.9. The van der Waals surface area contributed by atoms with Crippen LogP contribution in [0.25, 0.3) is 12.2 Å². The number of carbonyl (C=O) groups excluding carboxylic acids is 4. The average molecular weight is 607 g/mol. The molecular formula is C30H26N2O12. The lowest BCUT2D eigenvalue weighted by Gasteiger charge is -2.09. The molecule has 0 aromatic heterocycles. The van der Waals surface area contributed by atoms with Gasteiger partial charge in [0.2, 0.25) is 0 Å². The highest BCUT2D eigenvalue weighted by Gasteiger charge is 2.21. The first-order valence-electron chi connectivity index (χ1n) is 12.7. The van der Waals surface area contributed by atoms with E-state index in [-0.39, 0.29) is 47.5 Å². The molecule has 2 aromatic rings. The number of benzene rings is 2. The van der Waals surface area contributed by atoms with Crippen molar-refractivity contribution < 1.29 is 57.9 Å². The normalized spacial score (nSPS) is 15.5. The molecule has 14 heteroatoms. The Morgan fingerprint density at radius 3 is 1.61 bits per heavy atom. The molecule has 0 spiro atoms. The number of esters is 4. The lowest BCUT2D eigenvalue weighted by atomic mass is 9.98. The number of carbonyl (C=O) groups is 6. The maximum atomic E-state index is 11.5. The number of hydrogen-bond donors (Lipinski definition) is 2. The van der Waals surface area contributed by atoms with Crippen LogP contribution in [0.3, 0.4) is 0 Å². The van der Waals surface area contributed by atoms with Crippen LogP contribution in [0, 0.1) is 0 Å². The van der Waals surface area contributed by atoms with Crippen molar-refractivity contribution in [3.05, 3.63) is 70.0 Å². The summed E-state index contributed by atoms with van der Waals surface area (Å²) in [4.78, 5) is 74.7. The third-order valence-corrected chi connectivity index (χ3v) is 5.45. The van der Waals surface area contributed by atoms with Gasteiger partial charge in [-0.1, -0.05) is 24.3 Å². The van der Waals surface area contributed by atoms with Crippen molar-refractivity contribution in [2.75, 3.05) is 0 Å². The fraction of sp³-hybridized carbons (Fsp3) is 0.200. The molecule has 0 fully saturated rings. The number of aliphatic imine (C=N–C) groups is 2. The van der Waals surface area contributed by atoms with Crippen molar-refractivity contribution in [1.82, 2.24) is 0 Å². The van der Waals surface area contributed by atoms with E-state index in [1.165, 1.54) is 50.3 Å². The van der Waals surface area contributed by atoms with E-state index in [4.69, 9.17) is 29.2 Å². The van der Waals surface area contributed by atoms with Crippen LogP contribution in [0.1, 0.15) is 49.9 Å². The third kappa shape index (κ3) is 9.58. The number of ether oxygens (including phenoxy) is 4. The maximum Gasteiger partial charge on any atom is 0.363 e. The molecule has 0 unspecified atom stereocenters. The van der Waals surface area contributed by atoms with E-state index < -0.39 is 35.8 Å². The highest BCUT2D eigenvalue weighted by molar-refractivity contribution is 6.07. The van der Waals surface area contributed by atoms with Gasteiger partial charge in [0.15, 0.2) is 34.7 Å². The predicted octanol–water partition coefficient (Wildman–Crippen LogP) is 3.11. The van der Waals surface area contributed by atoms with E-state index in [1.807, 2.05) is 0 Å². The molecule has 44 heavy (non-hydrogen) atoms. The highest BCUT2D eigenvalue weighted by Crippen LogP contribution is 2.30. The van der Waals surface area contributed by atoms with Crippen LogP contribution in [0.4, 0.5) is 0 Å². The molecule has 14 nitrogen and oxygen atoms in total. The fourth-order valence-electron chi connectivity index (χ4n) is 3.83. The van der Waals surface area contributed by atoms with Gasteiger partial charge in [-0.2, -0.15) is 0 Å². The van der Waals surface area contributed by atoms with Crippen LogP contribution in [-0.2, 0) is 51.1 Å². The predicted molar refractivity (Wildman–Crippen MR) is 153 cm³/mol. The lowest BCUT2D eigenvalue weighted by Crippen LogP contribution is -2.08. The summed E-state index contributed by atoms with van der Waals surface area (Å²) < 4.78 is 19.5. The second kappa shape index (κ2) is 14.3. The first-order chi connectivity index (χ1) is 20.7. The number of hydrogen-bond acceptors (Lipinski definition) is 12. The Morgan fingerprint density at radius 2 is 1.16 bits per heavy atom. The highest BCUT2D eigenvalue weighted by atomic mass is 16.6. The largest absolute Gasteiger partial charge is 0.481 e. The van der Waals surface area contributed by atoms with Gasteiger partial charge in [0.05, 0.1) is 12.8 Å². The van der Waals surface area contributed by atoms with Gasteiger partial charge < -0.3 is 29.2 Å². The van der Waals surface area contributed by atoms with Crippen molar-refractivity contribution in [2.24, 2.45) is 9.98 Å². The van der Waals surface area contributed by atoms with E-state index >= 15 is 0 Å². The molecule has 4 rings (SSSR count). The number of cyclic esters (lactones) is 2. The lowest BCUT2D eigenvalue weighted by molar-refractivity contribution is -0.137. The SMILES string of the molecule is CC(=O)Oc1ccc(C=C2N=C(C)OC2=O)cc1OC(C)=O.CC1=N/C(=C\c2ccc(CC(=O)O)c(CC(=O)O)c2)C(=O)O1. The average Bonchev–Trinajstić information content (AvgIpc) is 3.39. The maximum absolute atomic E-state index is 11.5. The zero-order chi connectivity index (χ0) is 32.6. The van der Waals surface area contributed by atoms with Crippen molar-refractivity contribution in [3.63, 3.8) is 0 Å². The Labute approximate surface area is 249 Å². The van der Waals surface area contributed by atoms with Gasteiger partial charge in [-0.25, -0.2) is 19.6 Å². The fourth-order valence-corrected chi connectivity index (χ4v) is 3.83. The van der Waals surface area contributed by atoms with Gasteiger partial charge in [0.1, 0.15) is 0 Å². The molecule has 0 saturated heterocycles. The quantitative estimate of drug-likeness (QED) is 0.253. The summed E-state index contributed by atoms with van der Waals surface area (Å²) in [6, 6.07) is 9.19. The molecular weight excluding hydrogens is 580 g/mol. The molecule has 2 aromatic carbocycles. The van der Waals surface area contributed by atoms with Crippen molar-refractivity contribution in [1.29, 1.82) is 0 Å². The molecule has 2 aliphatic heterocycles. The van der Waals surface area contributed by atoms with Gasteiger partial charge in [0, 0.05) is 27.7 Å². The molecule has 228 valence electrons. The van der Waals surface area contributed by atoms with E-state index in [1.54, 1.807) is 26.0 Å². The van der Waals surface area contributed by atoms with E-state index in [0.717, 1.165) is 0 Å². The number of nitrogens with zero attached hydrogens (tertiary/aromatic N) is 2. The Morgan fingerprint density at radius 1 is 0.705 bits per heavy atom. The summed E-state index contributed by atoms with van der Waals surface area (Å²) in [5.74, 6) is -3.67. The number of aliphatic carboxylic acids is 2. The summed E-state index contributed by atoms with van der Waals surface area (Å²) >= 11 is 0. The summed E-state index contributed by atoms with van der Waals surface area (Å²) in [6.07, 6.45) is 2.38. The molecule has 0 amide bonds. The van der Waals surface area contributed by atoms with Crippen molar-refractivity contribution >= 4 is 59.8 Å². The summed E-state index contributed by atoms with van der Waals surface area (Å²) in [6.45, 7) is 5.57. The van der Waals surface area contributed by atoms with Crippen LogP contribution in [0.5, 0.6) is 11.5 Å². The molecule has 2 aliphatic rings. The Bertz CT molecular complexity index is 1560. The second-order valence-corrected chi connectivity index (χ2v) is 9.16. The van der Waals surface area contributed by atoms with E-state index in [9.17, 15) is 28.8 Å². The minimum Gasteiger partial charge on any atom is -0.481 e. The summed E-state index contributed by atoms with van der Waals surface area (Å²) in [5, 5.41) is 17.8. The van der Waals surface area contributed by atoms with Crippen LogP contribution in [0.15, 0.2) is 57.8 Å². The topological polar surface area (TPSA) is 205 Å². The second-order valence-electron chi connectivity index (χ2n) is 9.16. The number of carboxylic acids is 2. The van der Waals surface area contributed by atoms with Crippen LogP contribution in [-0.4, -0.2) is 57.8 Å².